The zero-order valence-corrected chi connectivity index (χ0v) is 12.8. The number of aliphatic hydroxyl groups excluding tert-OH is 1. The van der Waals surface area contributed by atoms with Crippen LogP contribution < -0.4 is 0 Å². The van der Waals surface area contributed by atoms with E-state index >= 15 is 0 Å². The molecule has 0 saturated carbocycles. The monoisotopic (exact) mass is 282 g/mol. The van der Waals surface area contributed by atoms with E-state index in [4.69, 9.17) is 0 Å². The highest BCUT2D eigenvalue weighted by molar-refractivity contribution is 8.07. The molecule has 1 aliphatic heterocycles. The smallest absolute Gasteiger partial charge is 0.0919 e. The average molecular weight is 282 g/mol. The van der Waals surface area contributed by atoms with Gasteiger partial charge in [0, 0.05) is 22.0 Å². The van der Waals surface area contributed by atoms with Crippen LogP contribution in [0.3, 0.4) is 0 Å². The fourth-order valence-corrected chi connectivity index (χ4v) is 5.24. The molecule has 3 heteroatoms. The molecule has 1 aromatic rings. The molecular weight excluding hydrogens is 260 g/mol. The van der Waals surface area contributed by atoms with Crippen molar-refractivity contribution in [1.29, 1.82) is 0 Å². The molecule has 3 atom stereocenters. The summed E-state index contributed by atoms with van der Waals surface area (Å²) in [6.45, 7) is 4.43. The molecule has 3 unspecified atom stereocenters. The molecular formula is C15H22OS2. The second-order valence-electron chi connectivity index (χ2n) is 4.85. The van der Waals surface area contributed by atoms with Crippen LogP contribution in [0, 0.1) is 0 Å². The summed E-state index contributed by atoms with van der Waals surface area (Å²) in [5, 5.41) is 11.4. The van der Waals surface area contributed by atoms with E-state index in [-0.39, 0.29) is 6.10 Å². The molecule has 2 rings (SSSR count). The molecule has 1 aliphatic rings. The molecule has 0 bridgehead atoms. The minimum Gasteiger partial charge on any atom is -0.387 e. The molecule has 0 aromatic heterocycles. The Kier molecular flexibility index (Phi) is 5.46. The Morgan fingerprint density at radius 2 is 2.11 bits per heavy atom. The lowest BCUT2D eigenvalue weighted by Crippen LogP contribution is -2.29. The molecule has 0 spiro atoms. The highest BCUT2D eigenvalue weighted by Gasteiger charge is 2.30. The van der Waals surface area contributed by atoms with Gasteiger partial charge in [-0.1, -0.05) is 44.5 Å². The van der Waals surface area contributed by atoms with Crippen LogP contribution in [-0.4, -0.2) is 27.1 Å². The van der Waals surface area contributed by atoms with Crippen LogP contribution in [0.1, 0.15) is 37.5 Å². The Morgan fingerprint density at radius 3 is 2.83 bits per heavy atom. The third-order valence-corrected chi connectivity index (χ3v) is 6.56. The van der Waals surface area contributed by atoms with Gasteiger partial charge in [-0.2, -0.15) is 23.5 Å². The Morgan fingerprint density at radius 1 is 1.33 bits per heavy atom. The summed E-state index contributed by atoms with van der Waals surface area (Å²) in [7, 11) is 0. The van der Waals surface area contributed by atoms with Crippen LogP contribution >= 0.6 is 23.5 Å². The molecule has 0 amide bonds. The minimum atomic E-state index is -0.324. The van der Waals surface area contributed by atoms with E-state index in [0.717, 1.165) is 24.2 Å². The van der Waals surface area contributed by atoms with Gasteiger partial charge in [-0.3, -0.25) is 0 Å². The van der Waals surface area contributed by atoms with Gasteiger partial charge < -0.3 is 5.11 Å². The largest absolute Gasteiger partial charge is 0.387 e. The highest BCUT2D eigenvalue weighted by atomic mass is 32.2. The van der Waals surface area contributed by atoms with Crippen LogP contribution in [-0.2, 0) is 6.42 Å². The zero-order chi connectivity index (χ0) is 13.0. The van der Waals surface area contributed by atoms with E-state index in [9.17, 15) is 5.11 Å². The van der Waals surface area contributed by atoms with Gasteiger partial charge in [-0.25, -0.2) is 0 Å². The number of aryl methyl sites for hydroxylation is 1. The normalized spacial score (nSPS) is 25.9. The minimum absolute atomic E-state index is 0.324. The summed E-state index contributed by atoms with van der Waals surface area (Å²) >= 11 is 3.91. The molecule has 1 nitrogen and oxygen atoms in total. The summed E-state index contributed by atoms with van der Waals surface area (Å²) in [6, 6.07) is 8.48. The lowest BCUT2D eigenvalue weighted by molar-refractivity contribution is 0.174. The predicted molar refractivity (Wildman–Crippen MR) is 83.6 cm³/mol. The van der Waals surface area contributed by atoms with Crippen molar-refractivity contribution in [2.45, 2.75) is 43.3 Å². The average Bonchev–Trinajstić information content (AvgIpc) is 2.39. The van der Waals surface area contributed by atoms with Crippen molar-refractivity contribution in [3.05, 3.63) is 35.4 Å². The first-order valence-electron chi connectivity index (χ1n) is 6.72. The van der Waals surface area contributed by atoms with Crippen LogP contribution in [0.25, 0.3) is 0 Å². The van der Waals surface area contributed by atoms with E-state index < -0.39 is 0 Å². The summed E-state index contributed by atoms with van der Waals surface area (Å²) in [6.07, 6.45) is 1.93. The Balaban J connectivity index is 2.11. The maximum absolute atomic E-state index is 10.6. The number of aliphatic hydroxyl groups is 1. The van der Waals surface area contributed by atoms with Crippen molar-refractivity contribution in [2.75, 3.05) is 11.5 Å². The van der Waals surface area contributed by atoms with Crippen molar-refractivity contribution in [3.8, 4) is 0 Å². The van der Waals surface area contributed by atoms with E-state index in [1.807, 2.05) is 23.5 Å². The van der Waals surface area contributed by atoms with Gasteiger partial charge in [-0.15, -0.1) is 0 Å². The van der Waals surface area contributed by atoms with Crippen molar-refractivity contribution in [3.63, 3.8) is 0 Å². The second kappa shape index (κ2) is 6.88. The first-order chi connectivity index (χ1) is 8.72. The Hall–Kier alpha value is -0.120. The van der Waals surface area contributed by atoms with Gasteiger partial charge in [0.05, 0.1) is 6.10 Å². The lowest BCUT2D eigenvalue weighted by Gasteiger charge is -2.32. The molecule has 0 radical (unpaired) electrons. The number of benzene rings is 1. The molecule has 1 N–H and O–H groups in total. The standard InChI is InChI=1S/C15H22OS2/c1-3-5-12-6-4-7-13(10-12)14(16)15-11(2)17-8-9-18-15/h4,6-7,10-11,14-16H,3,5,8-9H2,1-2H3. The number of thioether (sulfide) groups is 2. The summed E-state index contributed by atoms with van der Waals surface area (Å²) in [5.74, 6) is 2.37. The number of hydrogen-bond donors (Lipinski definition) is 1. The van der Waals surface area contributed by atoms with Crippen LogP contribution in [0.5, 0.6) is 0 Å². The van der Waals surface area contributed by atoms with Crippen LogP contribution in [0.2, 0.25) is 0 Å². The Bertz CT molecular complexity index is 381. The third kappa shape index (κ3) is 3.46. The van der Waals surface area contributed by atoms with Gasteiger partial charge >= 0.3 is 0 Å². The van der Waals surface area contributed by atoms with E-state index in [1.165, 1.54) is 11.3 Å². The van der Waals surface area contributed by atoms with Gasteiger partial charge in [0.1, 0.15) is 0 Å². The van der Waals surface area contributed by atoms with Crippen LogP contribution in [0.15, 0.2) is 24.3 Å². The molecule has 18 heavy (non-hydrogen) atoms. The third-order valence-electron chi connectivity index (χ3n) is 3.38. The quantitative estimate of drug-likeness (QED) is 0.904. The molecule has 1 heterocycles. The molecule has 1 saturated heterocycles. The molecule has 100 valence electrons. The zero-order valence-electron chi connectivity index (χ0n) is 11.1. The topological polar surface area (TPSA) is 20.2 Å². The van der Waals surface area contributed by atoms with Gasteiger partial charge in [0.2, 0.25) is 0 Å². The summed E-state index contributed by atoms with van der Waals surface area (Å²) < 4.78 is 0. The van der Waals surface area contributed by atoms with E-state index in [1.54, 1.807) is 0 Å². The fraction of sp³-hybridized carbons (Fsp3) is 0.600. The lowest BCUT2D eigenvalue weighted by atomic mass is 10.0. The van der Waals surface area contributed by atoms with Gasteiger partial charge in [-0.05, 0) is 17.5 Å². The van der Waals surface area contributed by atoms with E-state index in [0.29, 0.717) is 10.5 Å². The van der Waals surface area contributed by atoms with Gasteiger partial charge in [0.25, 0.3) is 0 Å². The van der Waals surface area contributed by atoms with E-state index in [2.05, 4.69) is 38.1 Å². The summed E-state index contributed by atoms with van der Waals surface area (Å²) in [4.78, 5) is 0. The first-order valence-corrected chi connectivity index (χ1v) is 8.82. The predicted octanol–water partition coefficient (Wildman–Crippen LogP) is 3.91. The number of rotatable bonds is 4. The summed E-state index contributed by atoms with van der Waals surface area (Å²) in [5.41, 5.74) is 2.43. The fourth-order valence-electron chi connectivity index (χ4n) is 2.41. The maximum Gasteiger partial charge on any atom is 0.0919 e. The Labute approximate surface area is 119 Å². The van der Waals surface area contributed by atoms with Gasteiger partial charge in [0.15, 0.2) is 0 Å². The molecule has 1 aromatic carbocycles. The van der Waals surface area contributed by atoms with Crippen molar-refractivity contribution < 1.29 is 5.11 Å². The first kappa shape index (κ1) is 14.3. The SMILES string of the molecule is CCCc1cccc(C(O)C2SCCSC2C)c1. The van der Waals surface area contributed by atoms with Crippen molar-refractivity contribution in [1.82, 2.24) is 0 Å². The highest BCUT2D eigenvalue weighted by Crippen LogP contribution is 2.38. The second-order valence-corrected chi connectivity index (χ2v) is 7.62. The van der Waals surface area contributed by atoms with Crippen LogP contribution in [0.4, 0.5) is 0 Å². The maximum atomic E-state index is 10.6. The molecule has 0 aliphatic carbocycles. The number of hydrogen-bond acceptors (Lipinski definition) is 3. The molecule has 1 fully saturated rings. The van der Waals surface area contributed by atoms with Crippen molar-refractivity contribution >= 4 is 23.5 Å². The van der Waals surface area contributed by atoms with Crippen molar-refractivity contribution in [2.24, 2.45) is 0 Å².